The molecule has 118 valence electrons. The minimum atomic E-state index is -0.435. The van der Waals surface area contributed by atoms with E-state index >= 15 is 0 Å². The van der Waals surface area contributed by atoms with Gasteiger partial charge < -0.3 is 4.74 Å². The Labute approximate surface area is 142 Å². The molecule has 2 aromatic heterocycles. The first kappa shape index (κ1) is 14.6. The maximum atomic E-state index is 12.4. The van der Waals surface area contributed by atoms with Crippen LogP contribution >= 0.6 is 11.3 Å². The quantitative estimate of drug-likeness (QED) is 0.530. The molecule has 2 heterocycles. The van der Waals surface area contributed by atoms with Crippen molar-refractivity contribution in [3.63, 3.8) is 0 Å². The predicted molar refractivity (Wildman–Crippen MR) is 95.9 cm³/mol. The van der Waals surface area contributed by atoms with Crippen LogP contribution in [0.15, 0.2) is 61.1 Å². The predicted octanol–water partition coefficient (Wildman–Crippen LogP) is 4.75. The van der Waals surface area contributed by atoms with E-state index in [1.807, 2.05) is 48.5 Å². The number of ether oxygens (including phenoxy) is 1. The van der Waals surface area contributed by atoms with Crippen LogP contribution in [0.4, 0.5) is 15.5 Å². The minimum absolute atomic E-state index is 0.435. The van der Waals surface area contributed by atoms with Gasteiger partial charge in [-0.05, 0) is 35.7 Å². The molecule has 0 saturated carbocycles. The number of aromatic nitrogens is 2. The molecule has 0 aliphatic rings. The van der Waals surface area contributed by atoms with Gasteiger partial charge >= 0.3 is 6.09 Å². The number of nitrogens with zero attached hydrogens (tertiary/aromatic N) is 3. The molecule has 0 saturated heterocycles. The van der Waals surface area contributed by atoms with Crippen molar-refractivity contribution in [2.24, 2.45) is 0 Å². The highest BCUT2D eigenvalue weighted by molar-refractivity contribution is 7.23. The minimum Gasteiger partial charge on any atom is -0.452 e. The fourth-order valence-corrected chi connectivity index (χ4v) is 3.67. The zero-order chi connectivity index (χ0) is 16.5. The van der Waals surface area contributed by atoms with E-state index < -0.39 is 6.09 Å². The Hall–Kier alpha value is -2.99. The molecule has 4 aromatic rings. The lowest BCUT2D eigenvalue weighted by molar-refractivity contribution is 0.182. The monoisotopic (exact) mass is 335 g/mol. The number of rotatable bonds is 2. The van der Waals surface area contributed by atoms with Crippen molar-refractivity contribution < 1.29 is 9.53 Å². The van der Waals surface area contributed by atoms with Crippen molar-refractivity contribution >= 4 is 49.1 Å². The molecule has 4 rings (SSSR count). The van der Waals surface area contributed by atoms with Crippen molar-refractivity contribution in [1.29, 1.82) is 0 Å². The lowest BCUT2D eigenvalue weighted by Crippen LogP contribution is -2.24. The topological polar surface area (TPSA) is 55.3 Å². The molecule has 2 aromatic carbocycles. The second kappa shape index (κ2) is 5.90. The van der Waals surface area contributed by atoms with Crippen molar-refractivity contribution in [2.75, 3.05) is 12.0 Å². The summed E-state index contributed by atoms with van der Waals surface area (Å²) in [6.07, 6.45) is 2.80. The zero-order valence-electron chi connectivity index (χ0n) is 12.8. The van der Waals surface area contributed by atoms with Crippen molar-refractivity contribution in [3.05, 3.63) is 61.1 Å². The van der Waals surface area contributed by atoms with E-state index in [1.165, 1.54) is 13.4 Å². The van der Waals surface area contributed by atoms with Crippen LogP contribution in [0.5, 0.6) is 0 Å². The normalized spacial score (nSPS) is 10.9. The number of fused-ring (bicyclic) bond motifs is 2. The molecule has 24 heavy (non-hydrogen) atoms. The summed E-state index contributed by atoms with van der Waals surface area (Å²) in [7, 11) is 1.38. The summed E-state index contributed by atoms with van der Waals surface area (Å²) in [5, 5.41) is 2.81. The highest BCUT2D eigenvalue weighted by Gasteiger charge is 2.21. The second-order valence-corrected chi connectivity index (χ2v) is 6.26. The summed E-state index contributed by atoms with van der Waals surface area (Å²) >= 11 is 1.54. The summed E-state index contributed by atoms with van der Waals surface area (Å²) in [6.45, 7) is 0. The Bertz CT molecular complexity index is 1010. The maximum absolute atomic E-state index is 12.4. The van der Waals surface area contributed by atoms with Crippen LogP contribution in [-0.4, -0.2) is 23.2 Å². The fraction of sp³-hybridized carbons (Fsp3) is 0.0556. The first-order valence-corrected chi connectivity index (χ1v) is 8.14. The molecular formula is C18H13N3O2S. The van der Waals surface area contributed by atoms with Gasteiger partial charge in [-0.1, -0.05) is 18.2 Å². The van der Waals surface area contributed by atoms with E-state index in [9.17, 15) is 4.79 Å². The largest absolute Gasteiger partial charge is 0.452 e. The molecule has 0 N–H and O–H groups in total. The first-order valence-electron chi connectivity index (χ1n) is 7.33. The number of anilines is 2. The van der Waals surface area contributed by atoms with Crippen LogP contribution in [0.25, 0.3) is 21.0 Å². The third-order valence-electron chi connectivity index (χ3n) is 3.74. The van der Waals surface area contributed by atoms with Gasteiger partial charge in [0.2, 0.25) is 0 Å². The summed E-state index contributed by atoms with van der Waals surface area (Å²) in [5.41, 5.74) is 1.48. The van der Waals surface area contributed by atoms with Crippen LogP contribution in [0.2, 0.25) is 0 Å². The smallest absolute Gasteiger partial charge is 0.419 e. The van der Waals surface area contributed by atoms with Crippen LogP contribution in [-0.2, 0) is 4.74 Å². The molecule has 0 aliphatic carbocycles. The average Bonchev–Trinajstić information content (AvgIpc) is 3.05. The van der Waals surface area contributed by atoms with E-state index in [1.54, 1.807) is 22.4 Å². The maximum Gasteiger partial charge on any atom is 0.419 e. The Morgan fingerprint density at radius 3 is 2.83 bits per heavy atom. The number of hydrogen-bond donors (Lipinski definition) is 0. The Balaban J connectivity index is 1.87. The standard InChI is InChI=1S/C18H13N3O2S/c1-23-18(22)21(17-8-12-4-2-3-5-16(12)24-17)14-7-6-13-10-19-11-20-15(13)9-14/h2-11H,1H3. The van der Waals surface area contributed by atoms with E-state index in [-0.39, 0.29) is 0 Å². The fourth-order valence-electron chi connectivity index (χ4n) is 2.59. The van der Waals surface area contributed by atoms with Gasteiger partial charge in [0.25, 0.3) is 0 Å². The summed E-state index contributed by atoms with van der Waals surface area (Å²) in [5.74, 6) is 0. The number of hydrogen-bond acceptors (Lipinski definition) is 5. The van der Waals surface area contributed by atoms with Crippen molar-refractivity contribution in [1.82, 2.24) is 9.97 Å². The lowest BCUT2D eigenvalue weighted by atomic mass is 10.2. The Kier molecular flexibility index (Phi) is 3.59. The van der Waals surface area contributed by atoms with Crippen molar-refractivity contribution in [2.45, 2.75) is 0 Å². The molecule has 5 nitrogen and oxygen atoms in total. The van der Waals surface area contributed by atoms with Gasteiger partial charge in [-0.15, -0.1) is 11.3 Å². The molecule has 0 unspecified atom stereocenters. The van der Waals surface area contributed by atoms with Crippen LogP contribution in [0.1, 0.15) is 0 Å². The van der Waals surface area contributed by atoms with Crippen LogP contribution in [0.3, 0.4) is 0 Å². The van der Waals surface area contributed by atoms with E-state index in [0.29, 0.717) is 5.69 Å². The molecule has 0 radical (unpaired) electrons. The molecule has 0 fully saturated rings. The number of carbonyl (C=O) groups is 1. The molecule has 0 aliphatic heterocycles. The number of methoxy groups -OCH3 is 1. The second-order valence-electron chi connectivity index (χ2n) is 5.19. The molecule has 6 heteroatoms. The van der Waals surface area contributed by atoms with Gasteiger partial charge in [0.1, 0.15) is 11.3 Å². The summed E-state index contributed by atoms with van der Waals surface area (Å²) in [6, 6.07) is 15.6. The molecule has 1 amide bonds. The van der Waals surface area contributed by atoms with Gasteiger partial charge in [0.15, 0.2) is 0 Å². The van der Waals surface area contributed by atoms with Crippen LogP contribution in [0, 0.1) is 0 Å². The third-order valence-corrected chi connectivity index (χ3v) is 4.84. The number of thiophene rings is 1. The molecule has 0 spiro atoms. The van der Waals surface area contributed by atoms with Crippen LogP contribution < -0.4 is 4.90 Å². The average molecular weight is 335 g/mol. The Morgan fingerprint density at radius 1 is 1.12 bits per heavy atom. The van der Waals surface area contributed by atoms with Crippen molar-refractivity contribution in [3.8, 4) is 0 Å². The summed E-state index contributed by atoms with van der Waals surface area (Å²) in [4.78, 5) is 22.2. The highest BCUT2D eigenvalue weighted by atomic mass is 32.1. The van der Waals surface area contributed by atoms with E-state index in [4.69, 9.17) is 4.74 Å². The van der Waals surface area contributed by atoms with Gasteiger partial charge in [-0.3, -0.25) is 0 Å². The number of amides is 1. The van der Waals surface area contributed by atoms with Gasteiger partial charge in [0.05, 0.1) is 18.3 Å². The number of carbonyl (C=O) groups excluding carboxylic acids is 1. The van der Waals surface area contributed by atoms with Gasteiger partial charge in [-0.25, -0.2) is 19.7 Å². The first-order chi connectivity index (χ1) is 11.8. The third kappa shape index (κ3) is 2.47. The van der Waals surface area contributed by atoms with E-state index in [0.717, 1.165) is 26.0 Å². The highest BCUT2D eigenvalue weighted by Crippen LogP contribution is 2.37. The SMILES string of the molecule is COC(=O)N(c1ccc2cncnc2c1)c1cc2ccccc2s1. The van der Waals surface area contributed by atoms with Gasteiger partial charge in [0, 0.05) is 16.3 Å². The summed E-state index contributed by atoms with van der Waals surface area (Å²) < 4.78 is 6.11. The zero-order valence-corrected chi connectivity index (χ0v) is 13.7. The Morgan fingerprint density at radius 2 is 2.00 bits per heavy atom. The van der Waals surface area contributed by atoms with E-state index in [2.05, 4.69) is 9.97 Å². The number of benzene rings is 2. The molecule has 0 bridgehead atoms. The van der Waals surface area contributed by atoms with Gasteiger partial charge in [-0.2, -0.15) is 0 Å². The lowest BCUT2D eigenvalue weighted by Gasteiger charge is -2.19. The molecular weight excluding hydrogens is 322 g/mol. The molecule has 0 atom stereocenters.